The van der Waals surface area contributed by atoms with Crippen molar-refractivity contribution in [2.24, 2.45) is 0 Å². The fourth-order valence-corrected chi connectivity index (χ4v) is 2.13. The molecular formula is C18H15NO7. The molecule has 0 radical (unpaired) electrons. The predicted octanol–water partition coefficient (Wildman–Crippen LogP) is 3.17. The first-order valence-electron chi connectivity index (χ1n) is 7.38. The maximum atomic E-state index is 12.4. The van der Waals surface area contributed by atoms with E-state index in [1.54, 1.807) is 6.07 Å². The molecule has 0 saturated carbocycles. The van der Waals surface area contributed by atoms with Crippen LogP contribution in [0.1, 0.15) is 26.3 Å². The van der Waals surface area contributed by atoms with Crippen LogP contribution >= 0.6 is 0 Å². The van der Waals surface area contributed by atoms with E-state index >= 15 is 0 Å². The van der Waals surface area contributed by atoms with E-state index in [2.05, 4.69) is 0 Å². The van der Waals surface area contributed by atoms with Crippen molar-refractivity contribution in [2.75, 3.05) is 13.9 Å². The first-order chi connectivity index (χ1) is 12.4. The number of carboxylic acid groups (broad SMARTS) is 1. The van der Waals surface area contributed by atoms with Gasteiger partial charge in [0.1, 0.15) is 11.3 Å². The smallest absolute Gasteiger partial charge is 0.335 e. The van der Waals surface area contributed by atoms with E-state index in [4.69, 9.17) is 14.6 Å². The number of ketones is 1. The standard InChI is InChI=1S/C18H15NO7/c1-25-11-26-14-6-7-16(19(23)24)15(10-14)17(20)8-5-12-3-2-4-13(9-12)18(21)22/h2-10H,11H2,1H3,(H,21,22). The number of carboxylic acids is 1. The second-order valence-electron chi connectivity index (χ2n) is 5.12. The van der Waals surface area contributed by atoms with Gasteiger partial charge in [0.05, 0.1) is 10.5 Å². The van der Waals surface area contributed by atoms with E-state index in [0.717, 1.165) is 6.08 Å². The van der Waals surface area contributed by atoms with Gasteiger partial charge in [0, 0.05) is 13.2 Å². The molecule has 0 fully saturated rings. The molecule has 0 heterocycles. The molecule has 0 aliphatic rings. The van der Waals surface area contributed by atoms with E-state index in [1.165, 1.54) is 49.6 Å². The average Bonchev–Trinajstić information content (AvgIpc) is 2.64. The summed E-state index contributed by atoms with van der Waals surface area (Å²) >= 11 is 0. The number of ether oxygens (including phenoxy) is 2. The molecule has 8 nitrogen and oxygen atoms in total. The third-order valence-electron chi connectivity index (χ3n) is 3.33. The van der Waals surface area contributed by atoms with Gasteiger partial charge in [-0.1, -0.05) is 18.2 Å². The molecule has 0 spiro atoms. The Kier molecular flexibility index (Phi) is 6.18. The van der Waals surface area contributed by atoms with Gasteiger partial charge in [-0.2, -0.15) is 0 Å². The molecule has 0 aliphatic heterocycles. The highest BCUT2D eigenvalue weighted by Gasteiger charge is 2.19. The summed E-state index contributed by atoms with van der Waals surface area (Å²) in [4.78, 5) is 33.8. The van der Waals surface area contributed by atoms with Crippen molar-refractivity contribution in [1.82, 2.24) is 0 Å². The molecule has 0 aliphatic carbocycles. The molecule has 0 atom stereocenters. The van der Waals surface area contributed by atoms with Crippen molar-refractivity contribution in [1.29, 1.82) is 0 Å². The van der Waals surface area contributed by atoms with Gasteiger partial charge < -0.3 is 14.6 Å². The van der Waals surface area contributed by atoms with Gasteiger partial charge in [-0.15, -0.1) is 0 Å². The van der Waals surface area contributed by atoms with Crippen molar-refractivity contribution in [2.45, 2.75) is 0 Å². The number of rotatable bonds is 8. The Balaban J connectivity index is 2.31. The Morgan fingerprint density at radius 2 is 2.00 bits per heavy atom. The minimum atomic E-state index is -1.09. The molecule has 0 bridgehead atoms. The van der Waals surface area contributed by atoms with Gasteiger partial charge in [0.2, 0.25) is 0 Å². The summed E-state index contributed by atoms with van der Waals surface area (Å²) in [5, 5.41) is 20.1. The lowest BCUT2D eigenvalue weighted by atomic mass is 10.1. The van der Waals surface area contributed by atoms with Gasteiger partial charge in [-0.05, 0) is 35.9 Å². The largest absolute Gasteiger partial charge is 0.478 e. The number of nitro benzene ring substituents is 1. The highest BCUT2D eigenvalue weighted by molar-refractivity contribution is 6.09. The molecule has 0 saturated heterocycles. The number of carbonyl (C=O) groups excluding carboxylic acids is 1. The van der Waals surface area contributed by atoms with Gasteiger partial charge in [-0.25, -0.2) is 4.79 Å². The Bertz CT molecular complexity index is 874. The van der Waals surface area contributed by atoms with Crippen LogP contribution in [0.5, 0.6) is 5.75 Å². The zero-order valence-corrected chi connectivity index (χ0v) is 13.7. The maximum Gasteiger partial charge on any atom is 0.335 e. The summed E-state index contributed by atoms with van der Waals surface area (Å²) in [5.74, 6) is -1.45. The van der Waals surface area contributed by atoms with Crippen LogP contribution in [0, 0.1) is 10.1 Å². The van der Waals surface area contributed by atoms with Gasteiger partial charge in [0.25, 0.3) is 5.69 Å². The van der Waals surface area contributed by atoms with Crippen LogP contribution in [0.15, 0.2) is 48.5 Å². The summed E-state index contributed by atoms with van der Waals surface area (Å²) in [6, 6.07) is 9.77. The number of nitrogens with zero attached hydrogens (tertiary/aromatic N) is 1. The Hall–Kier alpha value is -3.52. The molecule has 2 aromatic rings. The minimum Gasteiger partial charge on any atom is -0.478 e. The van der Waals surface area contributed by atoms with Crippen molar-refractivity contribution >= 4 is 23.5 Å². The number of allylic oxidation sites excluding steroid dienone is 1. The molecule has 0 aromatic heterocycles. The lowest BCUT2D eigenvalue weighted by Gasteiger charge is -2.06. The van der Waals surface area contributed by atoms with Crippen LogP contribution in [0.3, 0.4) is 0 Å². The first kappa shape index (κ1) is 18.8. The van der Waals surface area contributed by atoms with E-state index < -0.39 is 16.7 Å². The van der Waals surface area contributed by atoms with Crippen LogP contribution in [0.2, 0.25) is 0 Å². The Morgan fingerprint density at radius 1 is 1.23 bits per heavy atom. The molecule has 0 unspecified atom stereocenters. The Morgan fingerprint density at radius 3 is 2.65 bits per heavy atom. The molecule has 26 heavy (non-hydrogen) atoms. The fraction of sp³-hybridized carbons (Fsp3) is 0.111. The summed E-state index contributed by atoms with van der Waals surface area (Å²) in [6.45, 7) is -0.0662. The van der Waals surface area contributed by atoms with Gasteiger partial charge >= 0.3 is 5.97 Å². The van der Waals surface area contributed by atoms with Crippen LogP contribution < -0.4 is 4.74 Å². The third kappa shape index (κ3) is 4.74. The molecule has 1 N–H and O–H groups in total. The monoisotopic (exact) mass is 357 g/mol. The zero-order valence-electron chi connectivity index (χ0n) is 13.7. The lowest BCUT2D eigenvalue weighted by molar-refractivity contribution is -0.385. The highest BCUT2D eigenvalue weighted by atomic mass is 16.7. The number of benzene rings is 2. The SMILES string of the molecule is COCOc1ccc([N+](=O)[O-])c(C(=O)C=Cc2cccc(C(=O)O)c2)c1. The summed E-state index contributed by atoms with van der Waals surface area (Å²) in [5.41, 5.74) is 0.0474. The summed E-state index contributed by atoms with van der Waals surface area (Å²) in [7, 11) is 1.42. The Labute approximate surface area is 148 Å². The zero-order chi connectivity index (χ0) is 19.1. The number of carbonyl (C=O) groups is 2. The quantitative estimate of drug-likeness (QED) is 0.253. The first-order valence-corrected chi connectivity index (χ1v) is 7.38. The molecule has 2 rings (SSSR count). The van der Waals surface area contributed by atoms with Crippen LogP contribution in [-0.2, 0) is 4.74 Å². The van der Waals surface area contributed by atoms with Crippen LogP contribution in [0.25, 0.3) is 6.08 Å². The van der Waals surface area contributed by atoms with Crippen LogP contribution in [-0.4, -0.2) is 35.7 Å². The van der Waals surface area contributed by atoms with Gasteiger partial charge in [-0.3, -0.25) is 14.9 Å². The molecular weight excluding hydrogens is 342 g/mol. The molecule has 134 valence electrons. The van der Waals surface area contributed by atoms with Crippen molar-refractivity contribution < 1.29 is 29.1 Å². The normalized spacial score (nSPS) is 10.7. The van der Waals surface area contributed by atoms with Gasteiger partial charge in [0.15, 0.2) is 12.6 Å². The molecule has 2 aromatic carbocycles. The van der Waals surface area contributed by atoms with E-state index in [0.29, 0.717) is 5.56 Å². The van der Waals surface area contributed by atoms with Crippen molar-refractivity contribution in [3.8, 4) is 5.75 Å². The van der Waals surface area contributed by atoms with E-state index in [-0.39, 0.29) is 29.4 Å². The van der Waals surface area contributed by atoms with Crippen LogP contribution in [0.4, 0.5) is 5.69 Å². The van der Waals surface area contributed by atoms with E-state index in [1.807, 2.05) is 0 Å². The average molecular weight is 357 g/mol. The van der Waals surface area contributed by atoms with Crippen molar-refractivity contribution in [3.05, 3.63) is 75.3 Å². The molecule has 8 heteroatoms. The minimum absolute atomic E-state index is 0.0662. The predicted molar refractivity (Wildman–Crippen MR) is 92.4 cm³/mol. The maximum absolute atomic E-state index is 12.4. The fourth-order valence-electron chi connectivity index (χ4n) is 2.13. The van der Waals surface area contributed by atoms with E-state index in [9.17, 15) is 19.7 Å². The second kappa shape index (κ2) is 8.54. The number of nitro groups is 1. The highest BCUT2D eigenvalue weighted by Crippen LogP contribution is 2.25. The lowest BCUT2D eigenvalue weighted by Crippen LogP contribution is -2.04. The number of aromatic carboxylic acids is 1. The third-order valence-corrected chi connectivity index (χ3v) is 3.33. The topological polar surface area (TPSA) is 116 Å². The summed E-state index contributed by atoms with van der Waals surface area (Å²) < 4.78 is 9.96. The number of hydrogen-bond donors (Lipinski definition) is 1. The molecule has 0 amide bonds. The number of hydrogen-bond acceptors (Lipinski definition) is 6. The second-order valence-corrected chi connectivity index (χ2v) is 5.12. The van der Waals surface area contributed by atoms with Crippen molar-refractivity contribution in [3.63, 3.8) is 0 Å². The number of methoxy groups -OCH3 is 1. The summed E-state index contributed by atoms with van der Waals surface area (Å²) in [6.07, 6.45) is 2.53.